The monoisotopic (exact) mass is 286 g/mol. The average Bonchev–Trinajstić information content (AvgIpc) is 2.20. The van der Waals surface area contributed by atoms with E-state index in [0.29, 0.717) is 5.92 Å². The van der Waals surface area contributed by atoms with Crippen LogP contribution in [0.4, 0.5) is 4.39 Å². The lowest BCUT2D eigenvalue weighted by molar-refractivity contribution is 0.0700. The van der Waals surface area contributed by atoms with E-state index < -0.39 is 0 Å². The molecule has 0 aromatic heterocycles. The fourth-order valence-electron chi connectivity index (χ4n) is 2.46. The summed E-state index contributed by atoms with van der Waals surface area (Å²) >= 11 is 3.29. The highest BCUT2D eigenvalue weighted by Gasteiger charge is 2.23. The van der Waals surface area contributed by atoms with Crippen molar-refractivity contribution in [2.75, 3.05) is 0 Å². The van der Waals surface area contributed by atoms with Gasteiger partial charge in [0.15, 0.2) is 0 Å². The minimum atomic E-state index is -0.213. The second-order valence-electron chi connectivity index (χ2n) is 4.59. The van der Waals surface area contributed by atoms with Crippen molar-refractivity contribution < 1.29 is 9.50 Å². The fraction of sp³-hybridized carbons (Fsp3) is 0.538. The summed E-state index contributed by atoms with van der Waals surface area (Å²) in [5.74, 6) is 0.0807. The molecular weight excluding hydrogens is 271 g/mol. The summed E-state index contributed by atoms with van der Waals surface area (Å²) in [4.78, 5) is 0. The molecule has 0 amide bonds. The van der Waals surface area contributed by atoms with Crippen molar-refractivity contribution in [3.63, 3.8) is 0 Å². The van der Waals surface area contributed by atoms with Crippen molar-refractivity contribution in [2.45, 2.75) is 38.2 Å². The maximum absolute atomic E-state index is 13.2. The van der Waals surface area contributed by atoms with Crippen molar-refractivity contribution >= 4 is 15.9 Å². The number of benzene rings is 1. The molecule has 1 aliphatic rings. The van der Waals surface area contributed by atoms with Gasteiger partial charge >= 0.3 is 0 Å². The van der Waals surface area contributed by atoms with Gasteiger partial charge in [-0.15, -0.1) is 0 Å². The van der Waals surface area contributed by atoms with Gasteiger partial charge in [-0.2, -0.15) is 0 Å². The summed E-state index contributed by atoms with van der Waals surface area (Å²) in [6.07, 6.45) is 4.80. The molecule has 1 aliphatic carbocycles. The molecule has 1 fully saturated rings. The summed E-state index contributed by atoms with van der Waals surface area (Å²) in [6, 6.07) is 4.96. The molecule has 2 atom stereocenters. The molecule has 1 nitrogen and oxygen atoms in total. The van der Waals surface area contributed by atoms with Crippen LogP contribution in [0.1, 0.15) is 31.2 Å². The molecule has 0 bridgehead atoms. The fourth-order valence-corrected chi connectivity index (χ4v) is 2.97. The van der Waals surface area contributed by atoms with Crippen LogP contribution in [-0.4, -0.2) is 11.2 Å². The van der Waals surface area contributed by atoms with Crippen molar-refractivity contribution in [2.24, 2.45) is 5.92 Å². The zero-order valence-electron chi connectivity index (χ0n) is 9.13. The van der Waals surface area contributed by atoms with Gasteiger partial charge in [-0.1, -0.05) is 28.8 Å². The van der Waals surface area contributed by atoms with Crippen LogP contribution < -0.4 is 0 Å². The largest absolute Gasteiger partial charge is 0.393 e. The van der Waals surface area contributed by atoms with Crippen molar-refractivity contribution in [3.8, 4) is 0 Å². The van der Waals surface area contributed by atoms with Gasteiger partial charge in [-0.3, -0.25) is 0 Å². The Hall–Kier alpha value is -0.410. The van der Waals surface area contributed by atoms with Crippen LogP contribution >= 0.6 is 15.9 Å². The first kappa shape index (κ1) is 12.1. The first-order valence-electron chi connectivity index (χ1n) is 5.78. The third kappa shape index (κ3) is 3.05. The number of hydrogen-bond acceptors (Lipinski definition) is 1. The zero-order chi connectivity index (χ0) is 11.5. The Morgan fingerprint density at radius 2 is 2.00 bits per heavy atom. The average molecular weight is 287 g/mol. The van der Waals surface area contributed by atoms with Gasteiger partial charge in [0.1, 0.15) is 5.82 Å². The lowest BCUT2D eigenvalue weighted by atomic mass is 9.82. The van der Waals surface area contributed by atoms with Crippen LogP contribution in [0.3, 0.4) is 0 Å². The van der Waals surface area contributed by atoms with Crippen LogP contribution in [0.2, 0.25) is 0 Å². The molecule has 1 aromatic rings. The van der Waals surface area contributed by atoms with Crippen molar-refractivity contribution in [1.82, 2.24) is 0 Å². The topological polar surface area (TPSA) is 20.2 Å². The molecular formula is C13H16BrFO. The molecule has 1 aromatic carbocycles. The standard InChI is InChI=1S/C13H16BrFO/c14-11-6-9(7-12(15)8-11)5-10-3-1-2-4-13(10)16/h6-8,10,13,16H,1-5H2. The molecule has 0 radical (unpaired) electrons. The molecule has 0 aliphatic heterocycles. The molecule has 0 saturated heterocycles. The lowest BCUT2D eigenvalue weighted by Gasteiger charge is -2.27. The summed E-state index contributed by atoms with van der Waals surface area (Å²) < 4.78 is 14.0. The van der Waals surface area contributed by atoms with E-state index in [9.17, 15) is 9.50 Å². The Balaban J connectivity index is 2.07. The Morgan fingerprint density at radius 1 is 1.25 bits per heavy atom. The van der Waals surface area contributed by atoms with Crippen LogP contribution in [0.5, 0.6) is 0 Å². The third-order valence-electron chi connectivity index (χ3n) is 3.29. The Bertz CT molecular complexity index is 347. The summed E-state index contributed by atoms with van der Waals surface area (Å²) in [5.41, 5.74) is 0.970. The lowest BCUT2D eigenvalue weighted by Crippen LogP contribution is -2.26. The molecule has 16 heavy (non-hydrogen) atoms. The second-order valence-corrected chi connectivity index (χ2v) is 5.51. The predicted molar refractivity (Wildman–Crippen MR) is 65.8 cm³/mol. The number of aliphatic hydroxyl groups excluding tert-OH is 1. The van der Waals surface area contributed by atoms with Gasteiger partial charge in [0, 0.05) is 4.47 Å². The van der Waals surface area contributed by atoms with E-state index in [-0.39, 0.29) is 11.9 Å². The van der Waals surface area contributed by atoms with E-state index in [0.717, 1.165) is 35.7 Å². The highest BCUT2D eigenvalue weighted by Crippen LogP contribution is 2.28. The highest BCUT2D eigenvalue weighted by molar-refractivity contribution is 9.10. The zero-order valence-corrected chi connectivity index (χ0v) is 10.7. The van der Waals surface area contributed by atoms with E-state index in [1.807, 2.05) is 6.07 Å². The quantitative estimate of drug-likeness (QED) is 0.879. The molecule has 3 heteroatoms. The smallest absolute Gasteiger partial charge is 0.124 e. The van der Waals surface area contributed by atoms with Gasteiger partial charge < -0.3 is 5.11 Å². The molecule has 88 valence electrons. The maximum Gasteiger partial charge on any atom is 0.124 e. The molecule has 0 spiro atoms. The van der Waals surface area contributed by atoms with Gasteiger partial charge in [-0.25, -0.2) is 4.39 Å². The number of halogens is 2. The SMILES string of the molecule is OC1CCCCC1Cc1cc(F)cc(Br)c1. The van der Waals surface area contributed by atoms with E-state index in [1.54, 1.807) is 6.07 Å². The minimum absolute atomic E-state index is 0.212. The molecule has 0 heterocycles. The molecule has 1 N–H and O–H groups in total. The molecule has 2 rings (SSSR count). The van der Waals surface area contributed by atoms with Gasteiger partial charge in [-0.05, 0) is 48.9 Å². The summed E-state index contributed by atoms with van der Waals surface area (Å²) in [7, 11) is 0. The van der Waals surface area contributed by atoms with E-state index >= 15 is 0 Å². The highest BCUT2D eigenvalue weighted by atomic mass is 79.9. The van der Waals surface area contributed by atoms with Gasteiger partial charge in [0.05, 0.1) is 6.10 Å². The normalized spacial score (nSPS) is 25.7. The third-order valence-corrected chi connectivity index (χ3v) is 3.75. The predicted octanol–water partition coefficient (Wildman–Crippen LogP) is 3.68. The Labute approximate surface area is 104 Å². The van der Waals surface area contributed by atoms with Crippen LogP contribution in [-0.2, 0) is 6.42 Å². The van der Waals surface area contributed by atoms with Crippen LogP contribution in [0.15, 0.2) is 22.7 Å². The maximum atomic E-state index is 13.2. The first-order chi connectivity index (χ1) is 7.65. The molecule has 2 unspecified atom stereocenters. The van der Waals surface area contributed by atoms with Crippen molar-refractivity contribution in [1.29, 1.82) is 0 Å². The van der Waals surface area contributed by atoms with Crippen molar-refractivity contribution in [3.05, 3.63) is 34.1 Å². The second kappa shape index (κ2) is 5.28. The summed E-state index contributed by atoms with van der Waals surface area (Å²) in [6.45, 7) is 0. The van der Waals surface area contributed by atoms with Gasteiger partial charge in [0.2, 0.25) is 0 Å². The minimum Gasteiger partial charge on any atom is -0.393 e. The van der Waals surface area contributed by atoms with Crippen LogP contribution in [0.25, 0.3) is 0 Å². The number of aliphatic hydroxyl groups is 1. The Kier molecular flexibility index (Phi) is 3.98. The van der Waals surface area contributed by atoms with E-state index in [2.05, 4.69) is 15.9 Å². The number of rotatable bonds is 2. The molecule has 1 saturated carbocycles. The van der Waals surface area contributed by atoms with Gasteiger partial charge in [0.25, 0.3) is 0 Å². The summed E-state index contributed by atoms with van der Waals surface area (Å²) in [5, 5.41) is 9.86. The van der Waals surface area contributed by atoms with Crippen LogP contribution in [0, 0.1) is 11.7 Å². The van der Waals surface area contributed by atoms with E-state index in [4.69, 9.17) is 0 Å². The number of hydrogen-bond donors (Lipinski definition) is 1. The first-order valence-corrected chi connectivity index (χ1v) is 6.57. The Morgan fingerprint density at radius 3 is 2.69 bits per heavy atom. The van der Waals surface area contributed by atoms with E-state index in [1.165, 1.54) is 12.5 Å².